The third-order valence-electron chi connectivity index (χ3n) is 2.94. The van der Waals surface area contributed by atoms with Crippen LogP contribution in [0.3, 0.4) is 0 Å². The summed E-state index contributed by atoms with van der Waals surface area (Å²) in [6.07, 6.45) is 3.04. The molecule has 0 aromatic heterocycles. The molecule has 0 fully saturated rings. The van der Waals surface area contributed by atoms with Crippen molar-refractivity contribution in [2.24, 2.45) is 22.7 Å². The van der Waals surface area contributed by atoms with Crippen molar-refractivity contribution >= 4 is 5.78 Å². The highest BCUT2D eigenvalue weighted by Gasteiger charge is 2.26. The maximum atomic E-state index is 11.9. The van der Waals surface area contributed by atoms with Gasteiger partial charge >= 0.3 is 0 Å². The van der Waals surface area contributed by atoms with Crippen LogP contribution in [-0.2, 0) is 4.79 Å². The lowest BCUT2D eigenvalue weighted by Gasteiger charge is -2.31. The fraction of sp³-hybridized carbons (Fsp3) is 0.938. The average molecular weight is 240 g/mol. The van der Waals surface area contributed by atoms with Gasteiger partial charge < -0.3 is 0 Å². The number of Topliss-reactive ketones (excluding diaryl/α,β-unsaturated/α-hetero) is 1. The standard InChI is InChI=1S/C16H32O/c1-12(2)14(17)9-13(10-15(3,4)5)11-16(6,7)8/h12-13H,9-11H2,1-8H3. The summed E-state index contributed by atoms with van der Waals surface area (Å²) in [6.45, 7) is 17.6. The van der Waals surface area contributed by atoms with Gasteiger partial charge in [-0.15, -0.1) is 0 Å². The molecule has 0 heterocycles. The van der Waals surface area contributed by atoms with Crippen LogP contribution in [0.5, 0.6) is 0 Å². The van der Waals surface area contributed by atoms with E-state index >= 15 is 0 Å². The zero-order chi connectivity index (χ0) is 13.9. The first-order valence-corrected chi connectivity index (χ1v) is 6.93. The molecule has 0 aromatic carbocycles. The van der Waals surface area contributed by atoms with Gasteiger partial charge in [0.1, 0.15) is 5.78 Å². The van der Waals surface area contributed by atoms with Gasteiger partial charge in [-0.25, -0.2) is 0 Å². The van der Waals surface area contributed by atoms with Crippen molar-refractivity contribution in [3.63, 3.8) is 0 Å². The first kappa shape index (κ1) is 16.7. The predicted octanol–water partition coefficient (Wildman–Crippen LogP) is 5.09. The highest BCUT2D eigenvalue weighted by atomic mass is 16.1. The lowest BCUT2D eigenvalue weighted by Crippen LogP contribution is -2.23. The second kappa shape index (κ2) is 6.02. The Morgan fingerprint density at radius 3 is 1.47 bits per heavy atom. The molecular formula is C16H32O. The normalized spacial score (nSPS) is 13.5. The Labute approximate surface area is 108 Å². The second-order valence-corrected chi connectivity index (χ2v) is 8.22. The summed E-state index contributed by atoms with van der Waals surface area (Å²) in [5.74, 6) is 1.13. The van der Waals surface area contributed by atoms with Crippen LogP contribution in [0.4, 0.5) is 0 Å². The van der Waals surface area contributed by atoms with Crippen molar-refractivity contribution in [2.45, 2.75) is 74.7 Å². The molecule has 0 saturated carbocycles. The summed E-state index contributed by atoms with van der Waals surface area (Å²) in [6, 6.07) is 0. The van der Waals surface area contributed by atoms with E-state index in [2.05, 4.69) is 41.5 Å². The van der Waals surface area contributed by atoms with Crippen molar-refractivity contribution in [3.8, 4) is 0 Å². The van der Waals surface area contributed by atoms with Crippen molar-refractivity contribution in [2.75, 3.05) is 0 Å². The van der Waals surface area contributed by atoms with Crippen molar-refractivity contribution in [1.82, 2.24) is 0 Å². The second-order valence-electron chi connectivity index (χ2n) is 8.22. The van der Waals surface area contributed by atoms with Gasteiger partial charge in [-0.05, 0) is 29.6 Å². The van der Waals surface area contributed by atoms with Crippen LogP contribution in [0.1, 0.15) is 74.7 Å². The molecule has 1 heteroatoms. The maximum absolute atomic E-state index is 11.9. The fourth-order valence-electron chi connectivity index (χ4n) is 2.47. The molecule has 102 valence electrons. The van der Waals surface area contributed by atoms with Crippen LogP contribution in [0.25, 0.3) is 0 Å². The van der Waals surface area contributed by atoms with Gasteiger partial charge in [0, 0.05) is 12.3 Å². The molecule has 0 aliphatic carbocycles. The number of hydrogen-bond donors (Lipinski definition) is 0. The molecule has 0 bridgehead atoms. The van der Waals surface area contributed by atoms with E-state index in [0.717, 1.165) is 19.3 Å². The van der Waals surface area contributed by atoms with E-state index in [0.29, 0.717) is 22.5 Å². The summed E-state index contributed by atoms with van der Waals surface area (Å²) in [7, 11) is 0. The van der Waals surface area contributed by atoms with Gasteiger partial charge in [0.05, 0.1) is 0 Å². The van der Waals surface area contributed by atoms with Crippen molar-refractivity contribution < 1.29 is 4.79 Å². The minimum Gasteiger partial charge on any atom is -0.299 e. The molecule has 17 heavy (non-hydrogen) atoms. The predicted molar refractivity (Wildman–Crippen MR) is 76.1 cm³/mol. The number of carbonyl (C=O) groups excluding carboxylic acids is 1. The Morgan fingerprint density at radius 1 is 0.882 bits per heavy atom. The lowest BCUT2D eigenvalue weighted by molar-refractivity contribution is -0.123. The molecule has 0 aliphatic heterocycles. The Bertz CT molecular complexity index is 221. The Morgan fingerprint density at radius 2 is 1.24 bits per heavy atom. The Hall–Kier alpha value is -0.330. The minimum absolute atomic E-state index is 0.178. The van der Waals surface area contributed by atoms with E-state index in [1.165, 1.54) is 0 Å². The fourth-order valence-corrected chi connectivity index (χ4v) is 2.47. The van der Waals surface area contributed by atoms with Crippen LogP contribution >= 0.6 is 0 Å². The largest absolute Gasteiger partial charge is 0.299 e. The van der Waals surface area contributed by atoms with E-state index < -0.39 is 0 Å². The Balaban J connectivity index is 4.57. The van der Waals surface area contributed by atoms with Crippen molar-refractivity contribution in [3.05, 3.63) is 0 Å². The average Bonchev–Trinajstić information content (AvgIpc) is 1.96. The van der Waals surface area contributed by atoms with Gasteiger partial charge in [-0.3, -0.25) is 4.79 Å². The SMILES string of the molecule is CC(C)C(=O)CC(CC(C)(C)C)CC(C)(C)C. The number of ketones is 1. The molecule has 0 aliphatic rings. The first-order valence-electron chi connectivity index (χ1n) is 6.93. The van der Waals surface area contributed by atoms with E-state index in [1.54, 1.807) is 0 Å². The van der Waals surface area contributed by atoms with Crippen LogP contribution in [-0.4, -0.2) is 5.78 Å². The smallest absolute Gasteiger partial charge is 0.135 e. The third kappa shape index (κ3) is 9.38. The molecule has 0 unspecified atom stereocenters. The maximum Gasteiger partial charge on any atom is 0.135 e. The number of rotatable bonds is 5. The number of carbonyl (C=O) groups is 1. The summed E-state index contributed by atoms with van der Waals surface area (Å²) < 4.78 is 0. The Kier molecular flexibility index (Phi) is 5.90. The monoisotopic (exact) mass is 240 g/mol. The van der Waals surface area contributed by atoms with E-state index in [1.807, 2.05) is 13.8 Å². The topological polar surface area (TPSA) is 17.1 Å². The van der Waals surface area contributed by atoms with E-state index in [9.17, 15) is 4.79 Å². The molecule has 0 N–H and O–H groups in total. The highest BCUT2D eigenvalue weighted by molar-refractivity contribution is 5.80. The van der Waals surface area contributed by atoms with Crippen LogP contribution in [0, 0.1) is 22.7 Å². The summed E-state index contributed by atoms with van der Waals surface area (Å²) in [4.78, 5) is 11.9. The zero-order valence-corrected chi connectivity index (χ0v) is 13.2. The van der Waals surface area contributed by atoms with Crippen LogP contribution < -0.4 is 0 Å². The molecule has 0 saturated heterocycles. The summed E-state index contributed by atoms with van der Waals surface area (Å²) >= 11 is 0. The van der Waals surface area contributed by atoms with Gasteiger partial charge in [-0.2, -0.15) is 0 Å². The summed E-state index contributed by atoms with van der Waals surface area (Å²) in [5, 5.41) is 0. The van der Waals surface area contributed by atoms with Crippen molar-refractivity contribution in [1.29, 1.82) is 0 Å². The van der Waals surface area contributed by atoms with Crippen LogP contribution in [0.15, 0.2) is 0 Å². The zero-order valence-electron chi connectivity index (χ0n) is 13.2. The number of hydrogen-bond acceptors (Lipinski definition) is 1. The van der Waals surface area contributed by atoms with Gasteiger partial charge in [0.2, 0.25) is 0 Å². The van der Waals surface area contributed by atoms with E-state index in [4.69, 9.17) is 0 Å². The molecule has 0 atom stereocenters. The molecule has 0 amide bonds. The van der Waals surface area contributed by atoms with Gasteiger partial charge in [0.15, 0.2) is 0 Å². The molecule has 0 spiro atoms. The summed E-state index contributed by atoms with van der Waals surface area (Å²) in [5.41, 5.74) is 0.625. The van der Waals surface area contributed by atoms with Gasteiger partial charge in [-0.1, -0.05) is 55.4 Å². The molecule has 0 aromatic rings. The lowest BCUT2D eigenvalue weighted by atomic mass is 9.74. The molecular weight excluding hydrogens is 208 g/mol. The molecule has 0 radical (unpaired) electrons. The molecule has 1 nitrogen and oxygen atoms in total. The molecule has 0 rings (SSSR count). The minimum atomic E-state index is 0.178. The van der Waals surface area contributed by atoms with E-state index in [-0.39, 0.29) is 5.92 Å². The van der Waals surface area contributed by atoms with Crippen LogP contribution in [0.2, 0.25) is 0 Å². The third-order valence-corrected chi connectivity index (χ3v) is 2.94. The highest BCUT2D eigenvalue weighted by Crippen LogP contribution is 2.35. The first-order chi connectivity index (χ1) is 7.41. The van der Waals surface area contributed by atoms with Gasteiger partial charge in [0.25, 0.3) is 0 Å². The quantitative estimate of drug-likeness (QED) is 0.654.